The summed E-state index contributed by atoms with van der Waals surface area (Å²) in [5.41, 5.74) is -0.647. The fourth-order valence-corrected chi connectivity index (χ4v) is 3.52. The molecule has 0 unspecified atom stereocenters. The van der Waals surface area contributed by atoms with E-state index in [1.807, 2.05) is 0 Å². The number of nitrogens with zero attached hydrogens (tertiary/aromatic N) is 2. The lowest BCUT2D eigenvalue weighted by molar-refractivity contribution is 0.0454. The van der Waals surface area contributed by atoms with E-state index in [-0.39, 0.29) is 17.4 Å². The lowest BCUT2D eigenvalue weighted by Crippen LogP contribution is -2.34. The second-order valence-corrected chi connectivity index (χ2v) is 7.70. The number of aromatic nitrogens is 2. The molecule has 1 aromatic carbocycles. The van der Waals surface area contributed by atoms with E-state index in [2.05, 4.69) is 27.2 Å². The average molecular weight is 457 g/mol. The van der Waals surface area contributed by atoms with Gasteiger partial charge in [-0.2, -0.15) is 8.78 Å². The Bertz CT molecular complexity index is 917. The minimum atomic E-state index is -3.53. The molecule has 1 saturated heterocycles. The topological polar surface area (TPSA) is 76.1 Å². The predicted octanol–water partition coefficient (Wildman–Crippen LogP) is 4.96. The Morgan fingerprint density at radius 1 is 1.27 bits per heavy atom. The summed E-state index contributed by atoms with van der Waals surface area (Å²) >= 11 is 11.9. The van der Waals surface area contributed by atoms with Gasteiger partial charge in [0.15, 0.2) is 0 Å². The zero-order chi connectivity index (χ0) is 21.7. The van der Waals surface area contributed by atoms with Crippen LogP contribution >= 0.6 is 23.2 Å². The maximum atomic E-state index is 14.5. The number of hydrogen-bond donors (Lipinski definition) is 2. The summed E-state index contributed by atoms with van der Waals surface area (Å²) in [7, 11) is 0. The van der Waals surface area contributed by atoms with Crippen molar-refractivity contribution in [3.05, 3.63) is 58.4 Å². The molecule has 1 fully saturated rings. The standard InChI is InChI=1S/C20H20Cl2F2N4O2/c1-2-20(23,24)17-16(18(29)25-10-12-3-5-30-6-4-12)11-26-19(28-17)27-15-8-13(21)7-14(22)9-15/h2,7-9,11-12H,1,3-6,10H2,(H,25,29)(H,26,27,28). The van der Waals surface area contributed by atoms with Crippen LogP contribution in [0.5, 0.6) is 0 Å². The van der Waals surface area contributed by atoms with E-state index in [0.29, 0.717) is 41.6 Å². The molecule has 2 aromatic rings. The number of anilines is 2. The lowest BCUT2D eigenvalue weighted by atomic mass is 10.0. The van der Waals surface area contributed by atoms with Gasteiger partial charge < -0.3 is 15.4 Å². The van der Waals surface area contributed by atoms with Crippen LogP contribution in [0.3, 0.4) is 0 Å². The minimum Gasteiger partial charge on any atom is -0.381 e. The fraction of sp³-hybridized carbons (Fsp3) is 0.350. The number of alkyl halides is 2. The SMILES string of the molecule is C=CC(F)(F)c1nc(Nc2cc(Cl)cc(Cl)c2)ncc1C(=O)NCC1CCOCC1. The van der Waals surface area contributed by atoms with Crippen LogP contribution in [0.25, 0.3) is 0 Å². The van der Waals surface area contributed by atoms with Gasteiger partial charge in [0.25, 0.3) is 5.91 Å². The molecule has 3 rings (SSSR count). The molecule has 0 radical (unpaired) electrons. The molecule has 6 nitrogen and oxygen atoms in total. The first kappa shape index (κ1) is 22.4. The molecule has 1 aliphatic rings. The third kappa shape index (κ3) is 5.65. The Labute approximate surface area is 182 Å². The van der Waals surface area contributed by atoms with Gasteiger partial charge in [0.05, 0.1) is 5.56 Å². The summed E-state index contributed by atoms with van der Waals surface area (Å²) in [6.45, 7) is 4.76. The van der Waals surface area contributed by atoms with Gasteiger partial charge >= 0.3 is 5.92 Å². The maximum absolute atomic E-state index is 14.5. The van der Waals surface area contributed by atoms with Crippen LogP contribution in [-0.4, -0.2) is 35.6 Å². The van der Waals surface area contributed by atoms with Crippen molar-refractivity contribution in [2.45, 2.75) is 18.8 Å². The first-order valence-corrected chi connectivity index (χ1v) is 10.0. The van der Waals surface area contributed by atoms with Crippen LogP contribution in [0.15, 0.2) is 37.1 Å². The van der Waals surface area contributed by atoms with Crippen LogP contribution in [0.1, 0.15) is 28.9 Å². The van der Waals surface area contributed by atoms with Gasteiger partial charge in [-0.1, -0.05) is 29.8 Å². The van der Waals surface area contributed by atoms with Gasteiger partial charge in [-0.05, 0) is 43.0 Å². The number of amides is 1. The number of carbonyl (C=O) groups excluding carboxylic acids is 1. The minimum absolute atomic E-state index is 0.133. The number of halogens is 4. The molecule has 1 aromatic heterocycles. The van der Waals surface area contributed by atoms with Crippen molar-refractivity contribution < 1.29 is 18.3 Å². The van der Waals surface area contributed by atoms with E-state index >= 15 is 0 Å². The zero-order valence-corrected chi connectivity index (χ0v) is 17.4. The molecule has 0 spiro atoms. The molecule has 1 amide bonds. The molecule has 2 heterocycles. The number of allylic oxidation sites excluding steroid dienone is 1. The van der Waals surface area contributed by atoms with E-state index in [1.165, 1.54) is 18.2 Å². The van der Waals surface area contributed by atoms with Gasteiger partial charge in [-0.25, -0.2) is 9.97 Å². The van der Waals surface area contributed by atoms with Gasteiger partial charge in [-0.15, -0.1) is 0 Å². The van der Waals surface area contributed by atoms with E-state index in [4.69, 9.17) is 27.9 Å². The Kier molecular flexibility index (Phi) is 7.23. The second-order valence-electron chi connectivity index (χ2n) is 6.83. The molecule has 160 valence electrons. The van der Waals surface area contributed by atoms with Gasteiger partial charge in [0.2, 0.25) is 5.95 Å². The van der Waals surface area contributed by atoms with Crippen LogP contribution in [-0.2, 0) is 10.7 Å². The Morgan fingerprint density at radius 3 is 2.57 bits per heavy atom. The zero-order valence-electron chi connectivity index (χ0n) is 15.9. The largest absolute Gasteiger partial charge is 0.381 e. The fourth-order valence-electron chi connectivity index (χ4n) is 3.00. The highest BCUT2D eigenvalue weighted by Gasteiger charge is 2.35. The first-order valence-electron chi connectivity index (χ1n) is 9.26. The number of nitrogens with one attached hydrogen (secondary N) is 2. The molecule has 1 aliphatic heterocycles. The summed E-state index contributed by atoms with van der Waals surface area (Å²) < 4.78 is 34.2. The van der Waals surface area contributed by atoms with Crippen LogP contribution in [0, 0.1) is 5.92 Å². The average Bonchev–Trinajstić information content (AvgIpc) is 2.72. The van der Waals surface area contributed by atoms with E-state index < -0.39 is 17.5 Å². The first-order chi connectivity index (χ1) is 14.3. The van der Waals surface area contributed by atoms with Crippen LogP contribution in [0.2, 0.25) is 10.0 Å². The van der Waals surface area contributed by atoms with E-state index in [0.717, 1.165) is 19.0 Å². The molecule has 2 N–H and O–H groups in total. The molecular formula is C20H20Cl2F2N4O2. The highest BCUT2D eigenvalue weighted by molar-refractivity contribution is 6.35. The lowest BCUT2D eigenvalue weighted by Gasteiger charge is -2.22. The van der Waals surface area contributed by atoms with Crippen molar-refractivity contribution in [2.75, 3.05) is 25.1 Å². The third-order valence-electron chi connectivity index (χ3n) is 4.62. The molecule has 10 heteroatoms. The van der Waals surface area contributed by atoms with Crippen LogP contribution in [0.4, 0.5) is 20.4 Å². The smallest absolute Gasteiger partial charge is 0.308 e. The molecule has 0 atom stereocenters. The van der Waals surface area contributed by atoms with Gasteiger partial charge in [0.1, 0.15) is 5.69 Å². The highest BCUT2D eigenvalue weighted by Crippen LogP contribution is 2.31. The highest BCUT2D eigenvalue weighted by atomic mass is 35.5. The number of ether oxygens (including phenoxy) is 1. The summed E-state index contributed by atoms with van der Waals surface area (Å²) in [6, 6.07) is 4.60. The predicted molar refractivity (Wildman–Crippen MR) is 112 cm³/mol. The molecule has 0 aliphatic carbocycles. The maximum Gasteiger partial charge on any atom is 0.308 e. The normalized spacial score (nSPS) is 14.9. The number of benzene rings is 1. The van der Waals surface area contributed by atoms with Crippen molar-refractivity contribution in [1.29, 1.82) is 0 Å². The summed E-state index contributed by atoms with van der Waals surface area (Å²) in [5.74, 6) is -4.10. The van der Waals surface area contributed by atoms with Crippen LogP contribution < -0.4 is 10.6 Å². The quantitative estimate of drug-likeness (QED) is 0.575. The van der Waals surface area contributed by atoms with Crippen molar-refractivity contribution in [2.24, 2.45) is 5.92 Å². The third-order valence-corrected chi connectivity index (χ3v) is 5.05. The van der Waals surface area contributed by atoms with Gasteiger partial charge in [-0.3, -0.25) is 4.79 Å². The molecule has 30 heavy (non-hydrogen) atoms. The van der Waals surface area contributed by atoms with Crippen molar-refractivity contribution >= 4 is 40.7 Å². The van der Waals surface area contributed by atoms with E-state index in [1.54, 1.807) is 0 Å². The summed E-state index contributed by atoms with van der Waals surface area (Å²) in [4.78, 5) is 20.5. The summed E-state index contributed by atoms with van der Waals surface area (Å²) in [5, 5.41) is 6.16. The Morgan fingerprint density at radius 2 is 1.93 bits per heavy atom. The number of hydrogen-bond acceptors (Lipinski definition) is 5. The molecule has 0 bridgehead atoms. The van der Waals surface area contributed by atoms with Gasteiger partial charge in [0, 0.05) is 41.7 Å². The summed E-state index contributed by atoms with van der Waals surface area (Å²) in [6.07, 6.45) is 3.10. The number of carbonyl (C=O) groups is 1. The molecular weight excluding hydrogens is 437 g/mol. The van der Waals surface area contributed by atoms with Crippen molar-refractivity contribution in [3.8, 4) is 0 Å². The van der Waals surface area contributed by atoms with Crippen molar-refractivity contribution in [3.63, 3.8) is 0 Å². The number of rotatable bonds is 7. The Hall–Kier alpha value is -2.29. The Balaban J connectivity index is 1.83. The second kappa shape index (κ2) is 9.68. The molecule has 0 saturated carbocycles. The monoisotopic (exact) mass is 456 g/mol. The van der Waals surface area contributed by atoms with E-state index in [9.17, 15) is 13.6 Å². The van der Waals surface area contributed by atoms with Crippen molar-refractivity contribution in [1.82, 2.24) is 15.3 Å².